The Morgan fingerprint density at radius 3 is 2.16 bits per heavy atom. The van der Waals surface area contributed by atoms with Gasteiger partial charge in [-0.1, -0.05) is 37.3 Å². The Labute approximate surface area is 214 Å². The van der Waals surface area contributed by atoms with Crippen LogP contribution in [0.25, 0.3) is 0 Å². The molecule has 38 heavy (non-hydrogen) atoms. The number of benzene rings is 2. The highest BCUT2D eigenvalue weighted by Crippen LogP contribution is 2.43. The normalized spacial score (nSPS) is 23.1. The molecule has 1 saturated heterocycles. The summed E-state index contributed by atoms with van der Waals surface area (Å²) in [6, 6.07) is 13.1. The molecule has 6 nitrogen and oxygen atoms in total. The third kappa shape index (κ3) is 5.34. The average molecular weight is 538 g/mol. The van der Waals surface area contributed by atoms with Gasteiger partial charge in [-0.2, -0.15) is 36.7 Å². The number of nitrogens with zero attached hydrogens (tertiary/aromatic N) is 3. The number of nitrogens with one attached hydrogen (secondary N) is 2. The number of alkyl halides is 6. The third-order valence-corrected chi connectivity index (χ3v) is 7.42. The average Bonchev–Trinajstić information content (AvgIpc) is 3.33. The van der Waals surface area contributed by atoms with Crippen LogP contribution in [0.4, 0.5) is 26.3 Å². The fourth-order valence-corrected chi connectivity index (χ4v) is 5.07. The van der Waals surface area contributed by atoms with Gasteiger partial charge in [0.25, 0.3) is 0 Å². The molecule has 1 aliphatic heterocycles. The van der Waals surface area contributed by atoms with Crippen LogP contribution in [0, 0.1) is 11.3 Å². The van der Waals surface area contributed by atoms with Gasteiger partial charge in [0.05, 0.1) is 17.2 Å². The molecule has 2 N–H and O–H groups in total. The van der Waals surface area contributed by atoms with Crippen LogP contribution in [0.2, 0.25) is 0 Å². The second-order valence-corrected chi connectivity index (χ2v) is 9.76. The standard InChI is InChI=1S/C26H25F6N5O/c1-17(18-11-20(25(27,28)29)13-21(12-18)26(30,31)32)7-8-24(19-5-3-2-4-6-19)10-9-23(14-33,15-34-24)37-16-35-36-22(37)38/h2-6,11-13,16-17,34H,7-10,15H2,1H3,(H,36,38)/t17?,23-,24-/m1/s1. The molecule has 0 saturated carbocycles. The zero-order chi connectivity index (χ0) is 27.8. The predicted octanol–water partition coefficient (Wildman–Crippen LogP) is 5.69. The molecule has 1 unspecified atom stereocenters. The molecule has 12 heteroatoms. The van der Waals surface area contributed by atoms with Gasteiger partial charge in [0.15, 0.2) is 0 Å². The van der Waals surface area contributed by atoms with Crippen LogP contribution >= 0.6 is 0 Å². The van der Waals surface area contributed by atoms with E-state index in [4.69, 9.17) is 0 Å². The number of hydrogen-bond acceptors (Lipinski definition) is 4. The van der Waals surface area contributed by atoms with E-state index in [1.807, 2.05) is 30.3 Å². The number of nitriles is 1. The molecule has 0 radical (unpaired) electrons. The van der Waals surface area contributed by atoms with Crippen LogP contribution in [0.1, 0.15) is 60.8 Å². The fourth-order valence-electron chi connectivity index (χ4n) is 5.07. The lowest BCUT2D eigenvalue weighted by Crippen LogP contribution is -2.58. The molecule has 202 valence electrons. The molecule has 1 aliphatic rings. The predicted molar refractivity (Wildman–Crippen MR) is 126 cm³/mol. The van der Waals surface area contributed by atoms with Gasteiger partial charge in [-0.05, 0) is 60.9 Å². The largest absolute Gasteiger partial charge is 0.416 e. The summed E-state index contributed by atoms with van der Waals surface area (Å²) in [6.45, 7) is 1.69. The van der Waals surface area contributed by atoms with E-state index < -0.39 is 46.2 Å². The Morgan fingerprint density at radius 2 is 1.68 bits per heavy atom. The second kappa shape index (κ2) is 9.94. The van der Waals surface area contributed by atoms with Gasteiger partial charge in [-0.15, -0.1) is 0 Å². The Bertz CT molecular complexity index is 1330. The Kier molecular flexibility index (Phi) is 7.18. The molecule has 4 rings (SSSR count). The van der Waals surface area contributed by atoms with Crippen LogP contribution in [0.5, 0.6) is 0 Å². The van der Waals surface area contributed by atoms with Crippen molar-refractivity contribution < 1.29 is 26.3 Å². The molecule has 1 fully saturated rings. The van der Waals surface area contributed by atoms with Crippen LogP contribution in [0.3, 0.4) is 0 Å². The maximum absolute atomic E-state index is 13.4. The lowest BCUT2D eigenvalue weighted by molar-refractivity contribution is -0.143. The lowest BCUT2D eigenvalue weighted by Gasteiger charge is -2.45. The molecular weight excluding hydrogens is 512 g/mol. The molecule has 0 bridgehead atoms. The molecular formula is C26H25F6N5O. The Hall–Kier alpha value is -3.59. The van der Waals surface area contributed by atoms with E-state index >= 15 is 0 Å². The molecule has 2 aromatic carbocycles. The van der Waals surface area contributed by atoms with Gasteiger partial charge in [0.2, 0.25) is 0 Å². The van der Waals surface area contributed by atoms with E-state index in [1.165, 1.54) is 10.9 Å². The van der Waals surface area contributed by atoms with Gasteiger partial charge >= 0.3 is 18.0 Å². The van der Waals surface area contributed by atoms with Crippen molar-refractivity contribution in [2.75, 3.05) is 6.54 Å². The summed E-state index contributed by atoms with van der Waals surface area (Å²) in [6.07, 6.45) is -7.26. The molecule has 3 atom stereocenters. The minimum Gasteiger partial charge on any atom is -0.304 e. The fraction of sp³-hybridized carbons (Fsp3) is 0.423. The first kappa shape index (κ1) is 27.4. The van der Waals surface area contributed by atoms with Crippen molar-refractivity contribution in [1.29, 1.82) is 5.26 Å². The van der Waals surface area contributed by atoms with Crippen LogP contribution in [0.15, 0.2) is 59.7 Å². The number of halogens is 6. The van der Waals surface area contributed by atoms with Crippen LogP contribution < -0.4 is 11.0 Å². The second-order valence-electron chi connectivity index (χ2n) is 9.76. The lowest BCUT2D eigenvalue weighted by atomic mass is 9.73. The van der Waals surface area contributed by atoms with Gasteiger partial charge in [0, 0.05) is 12.1 Å². The number of H-pyrrole nitrogens is 1. The molecule has 3 aromatic rings. The van der Waals surface area contributed by atoms with E-state index in [0.717, 1.165) is 17.7 Å². The van der Waals surface area contributed by atoms with Crippen molar-refractivity contribution in [2.24, 2.45) is 0 Å². The number of piperidine rings is 1. The maximum atomic E-state index is 13.4. The summed E-state index contributed by atoms with van der Waals surface area (Å²) in [5.74, 6) is -0.625. The topological polar surface area (TPSA) is 86.5 Å². The SMILES string of the molecule is CC(CC[C@]1(c2ccccc2)CC[C@](C#N)(n2cn[nH]c2=O)CN1)c1cc(C(F)(F)F)cc(C(F)(F)F)c1. The highest BCUT2D eigenvalue weighted by atomic mass is 19.4. The summed E-state index contributed by atoms with van der Waals surface area (Å²) in [7, 11) is 0. The molecule has 2 heterocycles. The van der Waals surface area contributed by atoms with Gasteiger partial charge < -0.3 is 5.32 Å². The molecule has 1 aromatic heterocycles. The zero-order valence-corrected chi connectivity index (χ0v) is 20.3. The number of rotatable bonds is 6. The van der Waals surface area contributed by atoms with Crippen molar-refractivity contribution in [3.8, 4) is 6.07 Å². The molecule has 0 amide bonds. The van der Waals surface area contributed by atoms with E-state index in [0.29, 0.717) is 12.8 Å². The van der Waals surface area contributed by atoms with Crippen molar-refractivity contribution >= 4 is 0 Å². The summed E-state index contributed by atoms with van der Waals surface area (Å²) >= 11 is 0. The minimum atomic E-state index is -4.92. The monoisotopic (exact) mass is 537 g/mol. The number of aromatic amines is 1. The quantitative estimate of drug-likeness (QED) is 0.396. The van der Waals surface area contributed by atoms with E-state index in [-0.39, 0.29) is 31.0 Å². The van der Waals surface area contributed by atoms with E-state index in [9.17, 15) is 36.4 Å². The highest BCUT2D eigenvalue weighted by molar-refractivity contribution is 5.35. The zero-order valence-electron chi connectivity index (χ0n) is 20.3. The summed E-state index contributed by atoms with van der Waals surface area (Å²) in [4.78, 5) is 12.2. The third-order valence-electron chi connectivity index (χ3n) is 7.42. The smallest absolute Gasteiger partial charge is 0.304 e. The summed E-state index contributed by atoms with van der Waals surface area (Å²) in [5, 5.41) is 19.4. The van der Waals surface area contributed by atoms with Gasteiger partial charge in [-0.25, -0.2) is 9.89 Å². The van der Waals surface area contributed by atoms with Crippen molar-refractivity contribution in [3.05, 3.63) is 87.6 Å². The van der Waals surface area contributed by atoms with Crippen molar-refractivity contribution in [2.45, 2.75) is 62.0 Å². The van der Waals surface area contributed by atoms with Gasteiger partial charge in [-0.3, -0.25) is 4.57 Å². The Morgan fingerprint density at radius 1 is 1.05 bits per heavy atom. The summed E-state index contributed by atoms with van der Waals surface area (Å²) < 4.78 is 81.5. The first-order valence-electron chi connectivity index (χ1n) is 11.9. The Balaban J connectivity index is 1.63. The number of aromatic nitrogens is 3. The van der Waals surface area contributed by atoms with Crippen LogP contribution in [-0.4, -0.2) is 21.3 Å². The first-order valence-corrected chi connectivity index (χ1v) is 11.9. The highest BCUT2D eigenvalue weighted by Gasteiger charge is 2.46. The van der Waals surface area contributed by atoms with Crippen LogP contribution in [-0.2, 0) is 23.4 Å². The van der Waals surface area contributed by atoms with E-state index in [2.05, 4.69) is 21.6 Å². The van der Waals surface area contributed by atoms with Crippen molar-refractivity contribution in [1.82, 2.24) is 20.1 Å². The summed E-state index contributed by atoms with van der Waals surface area (Å²) in [5.41, 5.74) is -4.30. The number of hydrogen-bond donors (Lipinski definition) is 2. The minimum absolute atomic E-state index is 0.0532. The first-order chi connectivity index (χ1) is 17.8. The van der Waals surface area contributed by atoms with Gasteiger partial charge in [0.1, 0.15) is 11.9 Å². The van der Waals surface area contributed by atoms with E-state index in [1.54, 1.807) is 6.92 Å². The molecule has 0 spiro atoms. The molecule has 0 aliphatic carbocycles. The maximum Gasteiger partial charge on any atom is 0.416 e. The van der Waals surface area contributed by atoms with Crippen molar-refractivity contribution in [3.63, 3.8) is 0 Å².